The predicted octanol–water partition coefficient (Wildman–Crippen LogP) is 17.9. The standard InChI is InChI=1S/C44H40N6O4.C28H28N6.C8H7ClO2/c51-43(53-27-29-9-3-1-4-10-29)49-21-7-13-39(49)41-45-26-38(48-41)35-18-17-31-23-32(15-16-33(31)24-35)34-19-20-36-37(25-34)47-42(46-36)40-14-8-22-50(40)44(52)54-28-30-11-5-2-6-12-30;1-3-23(29-11-1)27-31-16-26(34-27)21-8-7-17-13-18(5-6-19(17)14-21)20-9-10-22-25(15-20)33-28(32-22)24-4-2-12-30-24;9-8(10)11-6-7-4-2-1-3-5-7/h1-6,9-12,15-20,23-26,39-40H,7-8,13-14,21-22,27-28H2,(H,45,48)(H,46,47);5-10,13-16,23-24,29-30H,1-4,11-12H2,(H,31,34)(H,32,33);1-5H,6H2/t39-,40-;23-,24-;/m00./s1. The number of hydrogen-bond donors (Lipinski definition) is 6. The van der Waals surface area contributed by atoms with Gasteiger partial charge >= 0.3 is 17.6 Å². The van der Waals surface area contributed by atoms with E-state index in [4.69, 9.17) is 36.0 Å². The van der Waals surface area contributed by atoms with Gasteiger partial charge in [-0.3, -0.25) is 9.80 Å². The highest BCUT2D eigenvalue weighted by atomic mass is 35.5. The van der Waals surface area contributed by atoms with Crippen LogP contribution < -0.4 is 10.6 Å². The Labute approximate surface area is 577 Å². The maximum Gasteiger partial charge on any atom is 0.410 e. The Bertz CT molecular complexity index is 4990. The number of halogens is 1. The molecule has 6 N–H and O–H groups in total. The number of nitrogens with one attached hydrogen (secondary N) is 6. The van der Waals surface area contributed by atoms with Crippen LogP contribution in [0.3, 0.4) is 0 Å². The van der Waals surface area contributed by atoms with Gasteiger partial charge in [0, 0.05) is 35.8 Å². The van der Waals surface area contributed by atoms with Gasteiger partial charge in [-0.25, -0.2) is 34.3 Å². The normalized spacial score (nSPS) is 17.4. The number of aromatic amines is 4. The Morgan fingerprint density at radius 3 is 1.27 bits per heavy atom. The van der Waals surface area contributed by atoms with Crippen LogP contribution in [0.1, 0.15) is 116 Å². The van der Waals surface area contributed by atoms with Crippen molar-refractivity contribution in [2.24, 2.45) is 0 Å². The lowest BCUT2D eigenvalue weighted by atomic mass is 9.99. The Morgan fingerprint density at radius 2 is 0.798 bits per heavy atom. The van der Waals surface area contributed by atoms with Gasteiger partial charge < -0.3 is 44.8 Å². The van der Waals surface area contributed by atoms with Gasteiger partial charge in [-0.05, 0) is 173 Å². The van der Waals surface area contributed by atoms with Crippen molar-refractivity contribution in [3.63, 3.8) is 0 Å². The number of H-pyrrole nitrogens is 4. The average molecular weight is 1340 g/mol. The zero-order chi connectivity index (χ0) is 67.0. The maximum atomic E-state index is 13.1. The molecule has 0 aliphatic carbocycles. The fourth-order valence-corrected chi connectivity index (χ4v) is 14.0. The van der Waals surface area contributed by atoms with Crippen molar-refractivity contribution in [1.82, 2.24) is 60.3 Å². The van der Waals surface area contributed by atoms with E-state index in [-0.39, 0.29) is 44.1 Å². The Balaban J connectivity index is 0.000000150. The topological polar surface area (TPSA) is 224 Å². The third-order valence-corrected chi connectivity index (χ3v) is 19.3. The van der Waals surface area contributed by atoms with Crippen LogP contribution in [0.5, 0.6) is 0 Å². The number of likely N-dealkylation sites (tertiary alicyclic amines) is 2. The molecule has 99 heavy (non-hydrogen) atoms. The molecular weight excluding hydrogens is 1260 g/mol. The molecule has 0 bridgehead atoms. The Hall–Kier alpha value is -10.9. The zero-order valence-electron chi connectivity index (χ0n) is 54.6. The van der Waals surface area contributed by atoms with Gasteiger partial charge in [-0.1, -0.05) is 152 Å². The molecule has 2 amide bonds. The summed E-state index contributed by atoms with van der Waals surface area (Å²) in [6, 6.07) is 68.3. The number of imidazole rings is 4. The van der Waals surface area contributed by atoms with Crippen LogP contribution >= 0.6 is 11.6 Å². The van der Waals surface area contributed by atoms with Gasteiger partial charge in [0.05, 0.1) is 70.0 Å². The third kappa shape index (κ3) is 14.8. The van der Waals surface area contributed by atoms with Crippen LogP contribution in [0.4, 0.5) is 14.4 Å². The van der Waals surface area contributed by atoms with E-state index < -0.39 is 5.43 Å². The van der Waals surface area contributed by atoms with E-state index in [0.29, 0.717) is 25.2 Å². The molecular formula is C80H75ClN12O6. The number of rotatable bonds is 14. The molecule has 9 aromatic carbocycles. The first-order valence-corrected chi connectivity index (χ1v) is 34.5. The van der Waals surface area contributed by atoms with Gasteiger partial charge in [0.2, 0.25) is 0 Å². The molecule has 4 atom stereocenters. The fourth-order valence-electron chi connectivity index (χ4n) is 13.9. The maximum absolute atomic E-state index is 13.1. The predicted molar refractivity (Wildman–Crippen MR) is 386 cm³/mol. The number of ether oxygens (including phenoxy) is 3. The highest BCUT2D eigenvalue weighted by Crippen LogP contribution is 2.37. The van der Waals surface area contributed by atoms with Crippen LogP contribution in [0.25, 0.3) is 88.4 Å². The second-order valence-electron chi connectivity index (χ2n) is 25.7. The summed E-state index contributed by atoms with van der Waals surface area (Å²) in [5.41, 5.74) is 14.8. The molecule has 4 aliphatic rings. The molecule has 0 unspecified atom stereocenters. The average Bonchev–Trinajstić information content (AvgIpc) is 1.75. The molecule has 0 saturated carbocycles. The van der Waals surface area contributed by atoms with E-state index in [1.165, 1.54) is 40.3 Å². The quantitative estimate of drug-likeness (QED) is 0.0442. The lowest BCUT2D eigenvalue weighted by Gasteiger charge is -2.22. The van der Waals surface area contributed by atoms with E-state index in [1.807, 2.05) is 109 Å². The summed E-state index contributed by atoms with van der Waals surface area (Å²) in [5.74, 6) is 3.66. The number of carbonyl (C=O) groups is 3. The largest absolute Gasteiger partial charge is 0.449 e. The lowest BCUT2D eigenvalue weighted by molar-refractivity contribution is 0.0903. The van der Waals surface area contributed by atoms with Gasteiger partial charge in [-0.2, -0.15) is 0 Å². The van der Waals surface area contributed by atoms with Crippen molar-refractivity contribution >= 4 is 72.8 Å². The third-order valence-electron chi connectivity index (χ3n) is 19.2. The van der Waals surface area contributed by atoms with Gasteiger partial charge in [0.1, 0.15) is 43.1 Å². The first-order valence-electron chi connectivity index (χ1n) is 34.1. The number of nitrogens with zero attached hydrogens (tertiary/aromatic N) is 6. The molecule has 13 aromatic rings. The van der Waals surface area contributed by atoms with E-state index in [2.05, 4.69) is 143 Å². The van der Waals surface area contributed by atoms with Gasteiger partial charge in [0.15, 0.2) is 0 Å². The molecule has 8 heterocycles. The summed E-state index contributed by atoms with van der Waals surface area (Å²) in [6.07, 6.45) is 11.4. The highest BCUT2D eigenvalue weighted by molar-refractivity contribution is 6.61. The van der Waals surface area contributed by atoms with Crippen LogP contribution in [-0.2, 0) is 34.0 Å². The van der Waals surface area contributed by atoms with E-state index in [0.717, 1.165) is 153 Å². The monoisotopic (exact) mass is 1330 g/mol. The number of aromatic nitrogens is 8. The molecule has 18 nitrogen and oxygen atoms in total. The Kier molecular flexibility index (Phi) is 19.1. The number of carbonyl (C=O) groups excluding carboxylic acids is 3. The van der Waals surface area contributed by atoms with E-state index >= 15 is 0 Å². The molecule has 4 fully saturated rings. The number of benzene rings is 9. The minimum atomic E-state index is -0.770. The molecule has 17 rings (SSSR count). The van der Waals surface area contributed by atoms with Crippen molar-refractivity contribution in [3.05, 3.63) is 253 Å². The molecule has 0 spiro atoms. The van der Waals surface area contributed by atoms with Crippen LogP contribution in [0.15, 0.2) is 213 Å². The van der Waals surface area contributed by atoms with E-state index in [1.54, 1.807) is 9.80 Å². The van der Waals surface area contributed by atoms with Crippen molar-refractivity contribution < 1.29 is 28.6 Å². The van der Waals surface area contributed by atoms with Crippen LogP contribution in [0.2, 0.25) is 0 Å². The van der Waals surface area contributed by atoms with Crippen LogP contribution in [0, 0.1) is 0 Å². The van der Waals surface area contributed by atoms with E-state index in [9.17, 15) is 14.4 Å². The molecule has 4 aliphatic heterocycles. The first-order chi connectivity index (χ1) is 48.6. The summed E-state index contributed by atoms with van der Waals surface area (Å²) in [4.78, 5) is 72.9. The number of amides is 2. The summed E-state index contributed by atoms with van der Waals surface area (Å²) in [6.45, 7) is 4.18. The minimum Gasteiger partial charge on any atom is -0.449 e. The minimum absolute atomic E-state index is 0.146. The lowest BCUT2D eigenvalue weighted by Crippen LogP contribution is -2.31. The molecule has 0 radical (unpaired) electrons. The molecule has 4 saturated heterocycles. The molecule has 498 valence electrons. The second-order valence-corrected chi connectivity index (χ2v) is 26.0. The summed E-state index contributed by atoms with van der Waals surface area (Å²) >= 11 is 4.97. The zero-order valence-corrected chi connectivity index (χ0v) is 55.4. The molecule has 19 heteroatoms. The SMILES string of the molecule is O=C(Cl)OCc1ccccc1.O=C(OCc1ccccc1)N1CCC[C@H]1c1ncc(-c2ccc3cc(-c4ccc5nc([C@@H]6CCCN6C(=O)OCc6ccccc6)[nH]c5c4)ccc3c2)[nH]1.c1cc2cc(-c3cnc([C@@H]4CCCN4)[nH]3)ccc2cc1-c1ccc2nc([C@@H]3CCCN3)[nH]c2c1. The van der Waals surface area contributed by atoms with Crippen molar-refractivity contribution in [3.8, 4) is 44.8 Å². The van der Waals surface area contributed by atoms with Crippen molar-refractivity contribution in [2.45, 2.75) is 95.4 Å². The highest BCUT2D eigenvalue weighted by Gasteiger charge is 2.35. The number of fused-ring (bicyclic) bond motifs is 4. The smallest absolute Gasteiger partial charge is 0.410 e. The first kappa shape index (κ1) is 64.1. The van der Waals surface area contributed by atoms with Gasteiger partial charge in [0.25, 0.3) is 0 Å². The fraction of sp³-hybridized carbons (Fsp3) is 0.237. The number of hydrogen-bond acceptors (Lipinski definition) is 12. The van der Waals surface area contributed by atoms with Crippen LogP contribution in [-0.4, -0.2) is 93.5 Å². The summed E-state index contributed by atoms with van der Waals surface area (Å²) < 4.78 is 15.9. The second kappa shape index (κ2) is 29.4. The summed E-state index contributed by atoms with van der Waals surface area (Å²) in [5, 5.41) is 11.7. The van der Waals surface area contributed by atoms with Crippen molar-refractivity contribution in [2.75, 3.05) is 26.2 Å². The Morgan fingerprint density at radius 1 is 0.404 bits per heavy atom. The molecule has 4 aromatic heterocycles. The van der Waals surface area contributed by atoms with Gasteiger partial charge in [-0.15, -0.1) is 0 Å². The van der Waals surface area contributed by atoms with Crippen molar-refractivity contribution in [1.29, 1.82) is 0 Å². The summed E-state index contributed by atoms with van der Waals surface area (Å²) in [7, 11) is 0.